The maximum Gasteiger partial charge on any atom is 0.410 e. The molecular formula is C57H100N2O16. The van der Waals surface area contributed by atoms with Gasteiger partial charge in [-0.3, -0.25) is 33.7 Å². The van der Waals surface area contributed by atoms with Crippen LogP contribution in [0.1, 0.15) is 234 Å². The zero-order valence-corrected chi connectivity index (χ0v) is 47.4. The quantitative estimate of drug-likeness (QED) is 0.0315. The third-order valence-corrected chi connectivity index (χ3v) is 12.6. The third kappa shape index (κ3) is 37.8. The SMILES string of the molecule is CCCCCCCC(=O)OCCCCCOC(=O)CC(CC(=O)OCCCCCOC(=O)CCCCCCC)(OC(=O)CCN1CCN(C(=O)OC(C)(C)C)CC1)C(=O)OCCCCCOC(=O)CCCCCCC. The van der Waals surface area contributed by atoms with Gasteiger partial charge in [-0.1, -0.05) is 97.8 Å². The molecule has 18 heteroatoms. The van der Waals surface area contributed by atoms with Gasteiger partial charge in [-0.05, 0) is 97.8 Å². The summed E-state index contributed by atoms with van der Waals surface area (Å²) < 4.78 is 44.2. The molecule has 1 saturated heterocycles. The van der Waals surface area contributed by atoms with Crippen LogP contribution in [0.5, 0.6) is 0 Å². The molecule has 0 saturated carbocycles. The Morgan fingerprint density at radius 3 is 1.05 bits per heavy atom. The Morgan fingerprint density at radius 2 is 0.693 bits per heavy atom. The van der Waals surface area contributed by atoms with Gasteiger partial charge in [0, 0.05) is 52.0 Å². The summed E-state index contributed by atoms with van der Waals surface area (Å²) in [5.41, 5.74) is -3.08. The summed E-state index contributed by atoms with van der Waals surface area (Å²) in [4.78, 5) is 108. The maximum absolute atomic E-state index is 14.2. The number of hydrogen-bond donors (Lipinski definition) is 0. The van der Waals surface area contributed by atoms with Crippen LogP contribution in [0.3, 0.4) is 0 Å². The highest BCUT2D eigenvalue weighted by molar-refractivity contribution is 5.92. The number of rotatable bonds is 45. The fourth-order valence-corrected chi connectivity index (χ4v) is 8.09. The minimum Gasteiger partial charge on any atom is -0.466 e. The van der Waals surface area contributed by atoms with Gasteiger partial charge in [0.05, 0.1) is 58.9 Å². The van der Waals surface area contributed by atoms with Crippen molar-refractivity contribution in [2.45, 2.75) is 245 Å². The van der Waals surface area contributed by atoms with E-state index >= 15 is 0 Å². The molecule has 1 rings (SSSR count). The van der Waals surface area contributed by atoms with Crippen LogP contribution in [0.4, 0.5) is 4.79 Å². The summed E-state index contributed by atoms with van der Waals surface area (Å²) >= 11 is 0. The van der Waals surface area contributed by atoms with Crippen LogP contribution in [0.25, 0.3) is 0 Å². The van der Waals surface area contributed by atoms with Crippen molar-refractivity contribution in [1.82, 2.24) is 9.80 Å². The summed E-state index contributed by atoms with van der Waals surface area (Å²) in [6.45, 7) is 14.1. The largest absolute Gasteiger partial charge is 0.466 e. The Hall–Kier alpha value is -4.48. The Labute approximate surface area is 450 Å². The molecule has 1 aliphatic rings. The third-order valence-electron chi connectivity index (χ3n) is 12.6. The van der Waals surface area contributed by atoms with Gasteiger partial charge in [-0.15, -0.1) is 0 Å². The van der Waals surface area contributed by atoms with E-state index in [1.807, 2.05) is 4.90 Å². The summed E-state index contributed by atoms with van der Waals surface area (Å²) in [5, 5.41) is 0. The molecule has 0 unspecified atom stereocenters. The van der Waals surface area contributed by atoms with Gasteiger partial charge in [0.25, 0.3) is 0 Å². The van der Waals surface area contributed by atoms with Crippen LogP contribution in [-0.2, 0) is 71.5 Å². The Morgan fingerprint density at radius 1 is 0.360 bits per heavy atom. The smallest absolute Gasteiger partial charge is 0.410 e. The number of carbonyl (C=O) groups is 8. The van der Waals surface area contributed by atoms with E-state index in [1.165, 1.54) is 0 Å². The van der Waals surface area contributed by atoms with E-state index in [0.717, 1.165) is 96.3 Å². The van der Waals surface area contributed by atoms with E-state index in [0.29, 0.717) is 103 Å². The monoisotopic (exact) mass is 1070 g/mol. The Balaban J connectivity index is 3.04. The molecule has 1 aliphatic heterocycles. The van der Waals surface area contributed by atoms with Crippen molar-refractivity contribution < 1.29 is 76.3 Å². The lowest BCUT2D eigenvalue weighted by molar-refractivity contribution is -0.191. The lowest BCUT2D eigenvalue weighted by Gasteiger charge is -2.35. The molecule has 0 atom stereocenters. The van der Waals surface area contributed by atoms with Gasteiger partial charge in [-0.25, -0.2) is 9.59 Å². The second kappa shape index (κ2) is 43.6. The highest BCUT2D eigenvalue weighted by atomic mass is 16.6. The van der Waals surface area contributed by atoms with Crippen LogP contribution in [-0.4, -0.2) is 141 Å². The number of carbonyl (C=O) groups excluding carboxylic acids is 8. The van der Waals surface area contributed by atoms with Crippen molar-refractivity contribution in [3.8, 4) is 0 Å². The molecule has 18 nitrogen and oxygen atoms in total. The van der Waals surface area contributed by atoms with Gasteiger partial charge in [0.1, 0.15) is 5.60 Å². The zero-order chi connectivity index (χ0) is 55.4. The van der Waals surface area contributed by atoms with Crippen molar-refractivity contribution in [2.75, 3.05) is 72.4 Å². The van der Waals surface area contributed by atoms with Crippen molar-refractivity contribution in [3.63, 3.8) is 0 Å². The van der Waals surface area contributed by atoms with Crippen LogP contribution in [0, 0.1) is 0 Å². The van der Waals surface area contributed by atoms with E-state index in [1.54, 1.807) is 25.7 Å². The molecule has 0 aliphatic carbocycles. The lowest BCUT2D eigenvalue weighted by atomic mass is 9.94. The standard InChI is InChI=1S/C57H100N2O16/c1-7-10-13-16-22-31-48(60)68-40-25-19-28-43-71-52(64)46-57(54(66)73-45-30-21-27-42-70-50(62)33-24-18-15-12-9-3,47-53(65)72-44-29-20-26-41-69-49(61)32-23-17-14-11-8-2)74-51(63)34-35-58-36-38-59(39-37-58)55(67)75-56(4,5)6/h7-47H2,1-6H3. The molecule has 434 valence electrons. The Kier molecular flexibility index (Phi) is 39.8. The van der Waals surface area contributed by atoms with Crippen LogP contribution in [0.2, 0.25) is 0 Å². The van der Waals surface area contributed by atoms with Gasteiger partial charge in [0.2, 0.25) is 5.60 Å². The minimum absolute atomic E-state index is 0.0410. The van der Waals surface area contributed by atoms with Crippen LogP contribution < -0.4 is 0 Å². The van der Waals surface area contributed by atoms with E-state index in [4.69, 9.17) is 37.9 Å². The van der Waals surface area contributed by atoms with E-state index in [2.05, 4.69) is 20.8 Å². The first-order valence-corrected chi connectivity index (χ1v) is 28.9. The minimum atomic E-state index is -2.43. The van der Waals surface area contributed by atoms with E-state index < -0.39 is 54.0 Å². The highest BCUT2D eigenvalue weighted by Crippen LogP contribution is 2.27. The summed E-state index contributed by atoms with van der Waals surface area (Å²) in [6.07, 6.45) is 18.8. The molecule has 1 amide bonds. The maximum atomic E-state index is 14.2. The van der Waals surface area contributed by atoms with Crippen molar-refractivity contribution in [3.05, 3.63) is 0 Å². The number of amides is 1. The molecule has 1 heterocycles. The molecule has 0 aromatic carbocycles. The van der Waals surface area contributed by atoms with Gasteiger partial charge < -0.3 is 42.8 Å². The van der Waals surface area contributed by atoms with Gasteiger partial charge >= 0.3 is 47.9 Å². The molecule has 0 bridgehead atoms. The molecule has 0 aromatic heterocycles. The first-order chi connectivity index (χ1) is 36.0. The number of hydrogen-bond acceptors (Lipinski definition) is 17. The predicted octanol–water partition coefficient (Wildman–Crippen LogP) is 10.8. The number of ether oxygens (including phenoxy) is 8. The van der Waals surface area contributed by atoms with Crippen molar-refractivity contribution in [1.29, 1.82) is 0 Å². The van der Waals surface area contributed by atoms with Crippen LogP contribution in [0.15, 0.2) is 0 Å². The van der Waals surface area contributed by atoms with E-state index in [-0.39, 0.29) is 70.5 Å². The summed E-state index contributed by atoms with van der Waals surface area (Å²) in [6, 6.07) is 0. The molecule has 75 heavy (non-hydrogen) atoms. The van der Waals surface area contributed by atoms with E-state index in [9.17, 15) is 38.4 Å². The van der Waals surface area contributed by atoms with Crippen molar-refractivity contribution in [2.24, 2.45) is 0 Å². The molecule has 0 aromatic rings. The first kappa shape index (κ1) is 68.5. The number of esters is 7. The van der Waals surface area contributed by atoms with Crippen molar-refractivity contribution >= 4 is 47.9 Å². The fraction of sp³-hybridized carbons (Fsp3) is 0.860. The van der Waals surface area contributed by atoms with Gasteiger partial charge in [0.15, 0.2) is 0 Å². The number of nitrogens with zero attached hydrogens (tertiary/aromatic N) is 2. The summed E-state index contributed by atoms with van der Waals surface area (Å²) in [7, 11) is 0. The summed E-state index contributed by atoms with van der Waals surface area (Å²) in [5.74, 6) is -4.49. The van der Waals surface area contributed by atoms with Crippen LogP contribution >= 0.6 is 0 Å². The molecule has 0 spiro atoms. The molecule has 0 radical (unpaired) electrons. The van der Waals surface area contributed by atoms with Gasteiger partial charge in [-0.2, -0.15) is 0 Å². The second-order valence-electron chi connectivity index (χ2n) is 20.8. The first-order valence-electron chi connectivity index (χ1n) is 28.9. The second-order valence-corrected chi connectivity index (χ2v) is 20.8. The number of piperazine rings is 1. The normalized spacial score (nSPS) is 12.9. The Bertz CT molecular complexity index is 1540. The number of unbranched alkanes of at least 4 members (excludes halogenated alkanes) is 18. The molecular weight excluding hydrogens is 969 g/mol. The molecule has 0 N–H and O–H groups in total. The predicted molar refractivity (Wildman–Crippen MR) is 284 cm³/mol. The zero-order valence-electron chi connectivity index (χ0n) is 47.4. The average molecular weight is 1070 g/mol. The fourth-order valence-electron chi connectivity index (χ4n) is 8.09. The topological polar surface area (TPSA) is 217 Å². The average Bonchev–Trinajstić information content (AvgIpc) is 3.36. The molecule has 1 fully saturated rings. The lowest BCUT2D eigenvalue weighted by Crippen LogP contribution is -2.51. The highest BCUT2D eigenvalue weighted by Gasteiger charge is 2.49.